The monoisotopic (exact) mass is 359 g/mol. The Balaban J connectivity index is 1.45. The first-order chi connectivity index (χ1) is 12.2. The highest BCUT2D eigenvalue weighted by Crippen LogP contribution is 2.14. The molecule has 2 aromatic carbocycles. The summed E-state index contributed by atoms with van der Waals surface area (Å²) in [7, 11) is 0. The van der Waals surface area contributed by atoms with Crippen molar-refractivity contribution in [1.29, 1.82) is 0 Å². The molecule has 0 saturated carbocycles. The Labute approximate surface area is 152 Å². The molecule has 0 atom stereocenters. The van der Waals surface area contributed by atoms with Gasteiger partial charge >= 0.3 is 6.03 Å². The average Bonchev–Trinajstić information content (AvgIpc) is 2.62. The number of carbonyl (C=O) groups excluding carboxylic acids is 1. The van der Waals surface area contributed by atoms with Crippen molar-refractivity contribution in [3.05, 3.63) is 64.7 Å². The third-order valence-corrected chi connectivity index (χ3v) is 4.30. The number of ether oxygens (including phenoxy) is 1. The molecular formula is C19H22ClN3O2. The van der Waals surface area contributed by atoms with Gasteiger partial charge in [0.1, 0.15) is 0 Å². The van der Waals surface area contributed by atoms with Crippen molar-refractivity contribution in [1.82, 2.24) is 10.2 Å². The molecule has 2 aromatic rings. The molecule has 1 saturated heterocycles. The predicted molar refractivity (Wildman–Crippen MR) is 99.8 cm³/mol. The van der Waals surface area contributed by atoms with E-state index in [1.165, 1.54) is 5.56 Å². The topological polar surface area (TPSA) is 53.6 Å². The number of anilines is 1. The summed E-state index contributed by atoms with van der Waals surface area (Å²) in [5, 5.41) is 6.20. The molecule has 25 heavy (non-hydrogen) atoms. The maximum absolute atomic E-state index is 11.9. The van der Waals surface area contributed by atoms with Gasteiger partial charge in [0.2, 0.25) is 0 Å². The third-order valence-electron chi connectivity index (χ3n) is 4.07. The Hall–Kier alpha value is -2.08. The maximum Gasteiger partial charge on any atom is 0.319 e. The highest BCUT2D eigenvalue weighted by molar-refractivity contribution is 6.30. The van der Waals surface area contributed by atoms with Crippen molar-refractivity contribution in [3.63, 3.8) is 0 Å². The summed E-state index contributed by atoms with van der Waals surface area (Å²) in [4.78, 5) is 14.3. The second-order valence-corrected chi connectivity index (χ2v) is 6.46. The third kappa shape index (κ3) is 5.74. The lowest BCUT2D eigenvalue weighted by Gasteiger charge is -2.26. The van der Waals surface area contributed by atoms with Gasteiger partial charge in [-0.1, -0.05) is 41.9 Å². The van der Waals surface area contributed by atoms with Crippen LogP contribution in [0.15, 0.2) is 48.5 Å². The van der Waals surface area contributed by atoms with Gasteiger partial charge in [-0.15, -0.1) is 0 Å². The van der Waals surface area contributed by atoms with Gasteiger partial charge in [-0.25, -0.2) is 4.79 Å². The Kier molecular flexibility index (Phi) is 6.28. The summed E-state index contributed by atoms with van der Waals surface area (Å²) in [6.45, 7) is 4.99. The molecule has 2 N–H and O–H groups in total. The molecule has 1 aliphatic heterocycles. The molecule has 0 aliphatic carbocycles. The first-order valence-corrected chi connectivity index (χ1v) is 8.75. The standard InChI is InChI=1S/C19H22ClN3O2/c20-17-2-1-3-18(12-17)22-19(24)21-13-15-4-6-16(7-5-15)14-23-8-10-25-11-9-23/h1-7,12H,8-11,13-14H2,(H2,21,22,24). The van der Waals surface area contributed by atoms with Crippen molar-refractivity contribution in [2.75, 3.05) is 31.6 Å². The zero-order valence-electron chi connectivity index (χ0n) is 14.0. The number of halogens is 1. The van der Waals surface area contributed by atoms with Gasteiger partial charge in [-0.2, -0.15) is 0 Å². The second-order valence-electron chi connectivity index (χ2n) is 6.02. The Morgan fingerprint density at radius 3 is 2.52 bits per heavy atom. The van der Waals surface area contributed by atoms with E-state index in [1.54, 1.807) is 24.3 Å². The lowest BCUT2D eigenvalue weighted by molar-refractivity contribution is 0.0342. The zero-order chi connectivity index (χ0) is 17.5. The number of rotatable bonds is 5. The quantitative estimate of drug-likeness (QED) is 0.859. The summed E-state index contributed by atoms with van der Waals surface area (Å²) < 4.78 is 5.36. The summed E-state index contributed by atoms with van der Waals surface area (Å²) in [5.41, 5.74) is 3.01. The van der Waals surface area contributed by atoms with Gasteiger partial charge in [0.05, 0.1) is 13.2 Å². The van der Waals surface area contributed by atoms with E-state index in [9.17, 15) is 4.79 Å². The van der Waals surface area contributed by atoms with Crippen LogP contribution >= 0.6 is 11.6 Å². The number of hydrogen-bond acceptors (Lipinski definition) is 3. The van der Waals surface area contributed by atoms with Gasteiger partial charge < -0.3 is 15.4 Å². The number of hydrogen-bond donors (Lipinski definition) is 2. The van der Waals surface area contributed by atoms with E-state index in [0.717, 1.165) is 38.4 Å². The summed E-state index contributed by atoms with van der Waals surface area (Å²) in [5.74, 6) is 0. The molecule has 1 heterocycles. The van der Waals surface area contributed by atoms with Crippen LogP contribution in [-0.2, 0) is 17.8 Å². The number of nitrogens with zero attached hydrogens (tertiary/aromatic N) is 1. The van der Waals surface area contributed by atoms with E-state index < -0.39 is 0 Å². The Morgan fingerprint density at radius 2 is 1.80 bits per heavy atom. The smallest absolute Gasteiger partial charge is 0.319 e. The van der Waals surface area contributed by atoms with Crippen LogP contribution in [0.25, 0.3) is 0 Å². The van der Waals surface area contributed by atoms with Gasteiger partial charge in [0.15, 0.2) is 0 Å². The van der Waals surface area contributed by atoms with Crippen LogP contribution in [0.2, 0.25) is 5.02 Å². The Morgan fingerprint density at radius 1 is 1.08 bits per heavy atom. The highest BCUT2D eigenvalue weighted by atomic mass is 35.5. The second kappa shape index (κ2) is 8.85. The molecule has 0 bridgehead atoms. The van der Waals surface area contributed by atoms with Gasteiger partial charge in [0.25, 0.3) is 0 Å². The van der Waals surface area contributed by atoms with Crippen LogP contribution in [0, 0.1) is 0 Å². The molecule has 1 fully saturated rings. The molecule has 5 nitrogen and oxygen atoms in total. The van der Waals surface area contributed by atoms with Crippen LogP contribution in [0.4, 0.5) is 10.5 Å². The normalized spacial score (nSPS) is 14.9. The van der Waals surface area contributed by atoms with Crippen LogP contribution in [0.1, 0.15) is 11.1 Å². The van der Waals surface area contributed by atoms with E-state index in [-0.39, 0.29) is 6.03 Å². The van der Waals surface area contributed by atoms with Crippen molar-refractivity contribution in [2.24, 2.45) is 0 Å². The van der Waals surface area contributed by atoms with Crippen molar-refractivity contribution in [2.45, 2.75) is 13.1 Å². The minimum atomic E-state index is -0.250. The lowest BCUT2D eigenvalue weighted by Crippen LogP contribution is -2.35. The van der Waals surface area contributed by atoms with Crippen molar-refractivity contribution < 1.29 is 9.53 Å². The number of benzene rings is 2. The molecule has 0 spiro atoms. The van der Waals surface area contributed by atoms with Crippen LogP contribution < -0.4 is 10.6 Å². The molecule has 0 unspecified atom stereocenters. The SMILES string of the molecule is O=C(NCc1ccc(CN2CCOCC2)cc1)Nc1cccc(Cl)c1. The summed E-state index contributed by atoms with van der Waals surface area (Å²) in [6, 6.07) is 15.1. The molecule has 2 amide bonds. The maximum atomic E-state index is 11.9. The van der Waals surface area contributed by atoms with Gasteiger partial charge in [-0.05, 0) is 29.3 Å². The summed E-state index contributed by atoms with van der Waals surface area (Å²) >= 11 is 5.90. The number of amides is 2. The molecule has 132 valence electrons. The molecule has 0 aromatic heterocycles. The fourth-order valence-corrected chi connectivity index (χ4v) is 2.89. The number of urea groups is 1. The first-order valence-electron chi connectivity index (χ1n) is 8.37. The average molecular weight is 360 g/mol. The molecular weight excluding hydrogens is 338 g/mol. The number of carbonyl (C=O) groups is 1. The first kappa shape index (κ1) is 17.7. The van der Waals surface area contributed by atoms with Crippen LogP contribution in [0.5, 0.6) is 0 Å². The molecule has 3 rings (SSSR count). The predicted octanol–water partition coefficient (Wildman–Crippen LogP) is 3.49. The van der Waals surface area contributed by atoms with Gasteiger partial charge in [0, 0.05) is 36.9 Å². The molecule has 0 radical (unpaired) electrons. The summed E-state index contributed by atoms with van der Waals surface area (Å²) in [6.07, 6.45) is 0. The highest BCUT2D eigenvalue weighted by Gasteiger charge is 2.10. The van der Waals surface area contributed by atoms with E-state index >= 15 is 0 Å². The molecule has 6 heteroatoms. The fourth-order valence-electron chi connectivity index (χ4n) is 2.70. The molecule has 1 aliphatic rings. The zero-order valence-corrected chi connectivity index (χ0v) is 14.8. The Bertz CT molecular complexity index is 700. The van der Waals surface area contributed by atoms with E-state index in [1.807, 2.05) is 0 Å². The number of morpholine rings is 1. The van der Waals surface area contributed by atoms with Crippen LogP contribution in [0.3, 0.4) is 0 Å². The minimum Gasteiger partial charge on any atom is -0.379 e. The van der Waals surface area contributed by atoms with Crippen molar-refractivity contribution >= 4 is 23.3 Å². The van der Waals surface area contributed by atoms with Gasteiger partial charge in [-0.3, -0.25) is 4.90 Å². The number of nitrogens with one attached hydrogen (secondary N) is 2. The minimum absolute atomic E-state index is 0.250. The van der Waals surface area contributed by atoms with Crippen molar-refractivity contribution in [3.8, 4) is 0 Å². The van der Waals surface area contributed by atoms with Crippen LogP contribution in [-0.4, -0.2) is 37.2 Å². The largest absolute Gasteiger partial charge is 0.379 e. The van der Waals surface area contributed by atoms with E-state index in [0.29, 0.717) is 17.3 Å². The lowest BCUT2D eigenvalue weighted by atomic mass is 10.1. The van der Waals surface area contributed by atoms with E-state index in [4.69, 9.17) is 16.3 Å². The fraction of sp³-hybridized carbons (Fsp3) is 0.316. The van der Waals surface area contributed by atoms with E-state index in [2.05, 4.69) is 39.8 Å².